The number of hydrogen-bond donors (Lipinski definition) is 2. The first-order valence-corrected chi connectivity index (χ1v) is 13.0. The molecular weight excluding hydrogens is 542 g/mol. The molecular formula is C28H27Cl2FN6O2. The number of benzene rings is 2. The number of halogens is 3. The van der Waals surface area contributed by atoms with Crippen molar-refractivity contribution < 1.29 is 13.9 Å². The van der Waals surface area contributed by atoms with Gasteiger partial charge in [-0.15, -0.1) is 0 Å². The largest absolute Gasteiger partial charge is 0.443 e. The van der Waals surface area contributed by atoms with E-state index in [0.29, 0.717) is 63.2 Å². The highest BCUT2D eigenvalue weighted by Gasteiger charge is 2.24. The molecule has 4 aromatic rings. The number of hydrogen-bond acceptors (Lipinski definition) is 7. The maximum absolute atomic E-state index is 13.7. The van der Waals surface area contributed by atoms with Gasteiger partial charge >= 0.3 is 6.09 Å². The zero-order chi connectivity index (χ0) is 28.5. The van der Waals surface area contributed by atoms with Gasteiger partial charge in [0, 0.05) is 29.4 Å². The van der Waals surface area contributed by atoms with Crippen LogP contribution in [-0.4, -0.2) is 26.2 Å². The normalized spacial score (nSPS) is 11.4. The number of anilines is 3. The van der Waals surface area contributed by atoms with E-state index in [1.54, 1.807) is 6.07 Å². The SMILES string of the molecule is CCc1nc(CNc2cc(Cl)c3ncc(C#N)c(Nc4ccc(F)c(Cl)c4)c3c2)c(C)n1C(=O)OC(C)(C)C. The highest BCUT2D eigenvalue weighted by atomic mass is 35.5. The smallest absolute Gasteiger partial charge is 0.420 e. The predicted octanol–water partition coefficient (Wildman–Crippen LogP) is 7.76. The third-order valence-electron chi connectivity index (χ3n) is 5.86. The summed E-state index contributed by atoms with van der Waals surface area (Å²) in [7, 11) is 0. The summed E-state index contributed by atoms with van der Waals surface area (Å²) >= 11 is 12.5. The Hall–Kier alpha value is -3.87. The molecule has 0 saturated heterocycles. The maximum atomic E-state index is 13.7. The Morgan fingerprint density at radius 3 is 2.54 bits per heavy atom. The summed E-state index contributed by atoms with van der Waals surface area (Å²) in [5.74, 6) is 0.0508. The molecule has 0 spiro atoms. The van der Waals surface area contributed by atoms with Gasteiger partial charge in [-0.05, 0) is 58.0 Å². The fourth-order valence-corrected chi connectivity index (χ4v) is 4.50. The molecule has 0 aliphatic rings. The molecule has 0 aliphatic heterocycles. The number of nitrogens with one attached hydrogen (secondary N) is 2. The lowest BCUT2D eigenvalue weighted by atomic mass is 10.1. The molecule has 2 heterocycles. The third-order valence-corrected chi connectivity index (χ3v) is 6.44. The number of rotatable bonds is 6. The molecule has 0 bridgehead atoms. The Morgan fingerprint density at radius 2 is 1.90 bits per heavy atom. The van der Waals surface area contributed by atoms with Crippen LogP contribution >= 0.6 is 23.2 Å². The van der Waals surface area contributed by atoms with Crippen LogP contribution in [0.3, 0.4) is 0 Å². The van der Waals surface area contributed by atoms with Gasteiger partial charge in [-0.1, -0.05) is 30.1 Å². The van der Waals surface area contributed by atoms with E-state index >= 15 is 0 Å². The van der Waals surface area contributed by atoms with Gasteiger partial charge in [0.1, 0.15) is 23.3 Å². The lowest BCUT2D eigenvalue weighted by molar-refractivity contribution is 0.0529. The molecule has 2 aromatic carbocycles. The van der Waals surface area contributed by atoms with E-state index in [1.165, 1.54) is 29.0 Å². The predicted molar refractivity (Wildman–Crippen MR) is 151 cm³/mol. The maximum Gasteiger partial charge on any atom is 0.420 e. The van der Waals surface area contributed by atoms with Crippen LogP contribution in [0.2, 0.25) is 10.0 Å². The minimum Gasteiger partial charge on any atom is -0.443 e. The highest BCUT2D eigenvalue weighted by molar-refractivity contribution is 6.36. The molecule has 0 unspecified atom stereocenters. The van der Waals surface area contributed by atoms with E-state index in [1.807, 2.05) is 40.7 Å². The molecule has 0 atom stereocenters. The van der Waals surface area contributed by atoms with Crippen molar-refractivity contribution in [3.05, 3.63) is 75.2 Å². The van der Waals surface area contributed by atoms with E-state index < -0.39 is 17.5 Å². The van der Waals surface area contributed by atoms with E-state index in [9.17, 15) is 14.4 Å². The average molecular weight is 569 g/mol. The fraction of sp³-hybridized carbons (Fsp3) is 0.286. The molecule has 8 nitrogen and oxygen atoms in total. The second-order valence-corrected chi connectivity index (χ2v) is 10.7. The zero-order valence-corrected chi connectivity index (χ0v) is 23.6. The molecule has 0 saturated carbocycles. The quantitative estimate of drug-likeness (QED) is 0.245. The molecule has 2 N–H and O–H groups in total. The summed E-state index contributed by atoms with van der Waals surface area (Å²) in [6.45, 7) is 9.49. The Kier molecular flexibility index (Phi) is 8.00. The Bertz CT molecular complexity index is 1620. The van der Waals surface area contributed by atoms with Gasteiger partial charge in [0.15, 0.2) is 0 Å². The first kappa shape index (κ1) is 28.1. The van der Waals surface area contributed by atoms with Gasteiger partial charge in [-0.2, -0.15) is 5.26 Å². The topological polar surface area (TPSA) is 105 Å². The number of nitriles is 1. The molecule has 202 valence electrons. The molecule has 0 aliphatic carbocycles. The Morgan fingerprint density at radius 1 is 1.18 bits per heavy atom. The van der Waals surface area contributed by atoms with Crippen molar-refractivity contribution in [3.8, 4) is 6.07 Å². The second kappa shape index (κ2) is 11.1. The number of carbonyl (C=O) groups excluding carboxylic acids is 1. The summed E-state index contributed by atoms with van der Waals surface area (Å²) in [6, 6.07) is 9.86. The van der Waals surface area contributed by atoms with Gasteiger partial charge in [-0.25, -0.2) is 18.7 Å². The fourth-order valence-electron chi connectivity index (χ4n) is 4.05. The van der Waals surface area contributed by atoms with E-state index in [0.717, 1.165) is 0 Å². The number of ether oxygens (including phenoxy) is 1. The monoisotopic (exact) mass is 568 g/mol. The van der Waals surface area contributed by atoms with Gasteiger partial charge < -0.3 is 15.4 Å². The number of fused-ring (bicyclic) bond motifs is 1. The van der Waals surface area contributed by atoms with Crippen LogP contribution in [0.25, 0.3) is 10.9 Å². The molecule has 39 heavy (non-hydrogen) atoms. The Labute approximate surface area is 235 Å². The van der Waals surface area contributed by atoms with Crippen molar-refractivity contribution in [1.29, 1.82) is 5.26 Å². The van der Waals surface area contributed by atoms with Gasteiger partial charge in [0.05, 0.1) is 44.7 Å². The van der Waals surface area contributed by atoms with Crippen molar-refractivity contribution in [2.75, 3.05) is 10.6 Å². The third kappa shape index (κ3) is 6.08. The molecule has 0 fully saturated rings. The van der Waals surface area contributed by atoms with Crippen molar-refractivity contribution >= 4 is 57.3 Å². The summed E-state index contributed by atoms with van der Waals surface area (Å²) < 4.78 is 20.7. The van der Waals surface area contributed by atoms with Gasteiger partial charge in [0.2, 0.25) is 0 Å². The van der Waals surface area contributed by atoms with Crippen LogP contribution in [0, 0.1) is 24.1 Å². The molecule has 4 rings (SSSR count). The molecule has 2 aromatic heterocycles. The Balaban J connectivity index is 1.69. The van der Waals surface area contributed by atoms with Crippen molar-refractivity contribution in [2.24, 2.45) is 0 Å². The van der Waals surface area contributed by atoms with E-state index in [2.05, 4.69) is 26.7 Å². The number of aryl methyl sites for hydroxylation is 1. The van der Waals surface area contributed by atoms with Crippen LogP contribution in [-0.2, 0) is 17.7 Å². The lowest BCUT2D eigenvalue weighted by Gasteiger charge is -2.20. The van der Waals surface area contributed by atoms with Crippen LogP contribution in [0.5, 0.6) is 0 Å². The second-order valence-electron chi connectivity index (χ2n) is 9.85. The number of carbonyl (C=O) groups is 1. The number of imidazole rings is 1. The van der Waals surface area contributed by atoms with Crippen LogP contribution in [0.4, 0.5) is 26.2 Å². The average Bonchev–Trinajstić information content (AvgIpc) is 3.19. The van der Waals surface area contributed by atoms with Crippen molar-refractivity contribution in [3.63, 3.8) is 0 Å². The van der Waals surface area contributed by atoms with Crippen LogP contribution in [0.15, 0.2) is 36.5 Å². The summed E-state index contributed by atoms with van der Waals surface area (Å²) in [4.78, 5) is 21.8. The molecule has 0 amide bonds. The van der Waals surface area contributed by atoms with Crippen molar-refractivity contribution in [2.45, 2.75) is 53.2 Å². The standard InChI is InChI=1S/C28H27Cl2FN6O2/c1-6-24-36-23(15(2)37(24)27(38)39-28(3,4)5)14-33-18-9-19-25(35-17-7-8-22(31)20(29)10-17)16(12-32)13-34-26(19)21(30)11-18/h7-11,13,33H,6,14H2,1-5H3,(H,34,35). The van der Waals surface area contributed by atoms with Crippen LogP contribution < -0.4 is 10.6 Å². The minimum atomic E-state index is -0.639. The van der Waals surface area contributed by atoms with E-state index in [-0.39, 0.29) is 10.6 Å². The number of aromatic nitrogens is 3. The minimum absolute atomic E-state index is 0.0510. The summed E-state index contributed by atoms with van der Waals surface area (Å²) in [6.07, 6.45) is 1.50. The number of nitrogens with zero attached hydrogens (tertiary/aromatic N) is 4. The zero-order valence-electron chi connectivity index (χ0n) is 22.1. The first-order chi connectivity index (χ1) is 18.4. The number of pyridine rings is 1. The molecule has 0 radical (unpaired) electrons. The highest BCUT2D eigenvalue weighted by Crippen LogP contribution is 2.35. The molecule has 11 heteroatoms. The summed E-state index contributed by atoms with van der Waals surface area (Å²) in [5, 5.41) is 17.1. The van der Waals surface area contributed by atoms with Crippen LogP contribution in [0.1, 0.15) is 50.5 Å². The van der Waals surface area contributed by atoms with Gasteiger partial charge in [-0.3, -0.25) is 4.98 Å². The van der Waals surface area contributed by atoms with Gasteiger partial charge in [0.25, 0.3) is 0 Å². The van der Waals surface area contributed by atoms with Crippen molar-refractivity contribution in [1.82, 2.24) is 14.5 Å². The van der Waals surface area contributed by atoms with E-state index in [4.69, 9.17) is 27.9 Å². The lowest BCUT2D eigenvalue weighted by Crippen LogP contribution is -2.28. The first-order valence-electron chi connectivity index (χ1n) is 12.2. The summed E-state index contributed by atoms with van der Waals surface area (Å²) in [5.41, 5.74) is 3.06.